The van der Waals surface area contributed by atoms with Gasteiger partial charge in [0, 0.05) is 23.9 Å². The van der Waals surface area contributed by atoms with Crippen molar-refractivity contribution in [3.8, 4) is 17.6 Å². The lowest BCUT2D eigenvalue weighted by molar-refractivity contribution is -0.121. The number of nitrogen functional groups attached to an aromatic ring is 1. The van der Waals surface area contributed by atoms with Crippen molar-refractivity contribution in [2.75, 3.05) is 38.8 Å². The number of rotatable bonds is 5. The van der Waals surface area contributed by atoms with Gasteiger partial charge in [0.05, 0.1) is 19.3 Å². The molecule has 2 heterocycles. The summed E-state index contributed by atoms with van der Waals surface area (Å²) < 4.78 is 5.25. The topological polar surface area (TPSA) is 106 Å². The number of methoxy groups -OCH3 is 1. The molecule has 0 saturated heterocycles. The monoisotopic (exact) mass is 474 g/mol. The van der Waals surface area contributed by atoms with E-state index >= 15 is 0 Å². The maximum Gasteiger partial charge on any atom is 0.227 e. The summed E-state index contributed by atoms with van der Waals surface area (Å²) in [5.41, 5.74) is 8.53. The van der Waals surface area contributed by atoms with Gasteiger partial charge in [-0.05, 0) is 82.5 Å². The normalized spacial score (nSPS) is 21.4. The molecule has 1 unspecified atom stereocenters. The van der Waals surface area contributed by atoms with Gasteiger partial charge in [0.1, 0.15) is 11.4 Å². The Morgan fingerprint density at radius 3 is 2.74 bits per heavy atom. The van der Waals surface area contributed by atoms with Gasteiger partial charge in [-0.1, -0.05) is 12.0 Å². The Labute approximate surface area is 207 Å². The fourth-order valence-corrected chi connectivity index (χ4v) is 4.83. The molecule has 184 valence electrons. The number of nitrogens with one attached hydrogen (secondary N) is 1. The first-order valence-corrected chi connectivity index (χ1v) is 12.2. The molecule has 4 rings (SSSR count). The van der Waals surface area contributed by atoms with Crippen molar-refractivity contribution in [3.05, 3.63) is 35.8 Å². The van der Waals surface area contributed by atoms with Crippen molar-refractivity contribution >= 4 is 29.3 Å². The van der Waals surface area contributed by atoms with Gasteiger partial charge in [-0.15, -0.1) is 0 Å². The molecule has 2 aliphatic rings. The first-order valence-electron chi connectivity index (χ1n) is 12.2. The van der Waals surface area contributed by atoms with Gasteiger partial charge in [-0.25, -0.2) is 9.97 Å². The van der Waals surface area contributed by atoms with Crippen LogP contribution in [0.25, 0.3) is 0 Å². The molecule has 0 spiro atoms. The average Bonchev–Trinajstić information content (AvgIpc) is 3.07. The highest BCUT2D eigenvalue weighted by molar-refractivity contribution is 5.92. The number of benzene rings is 1. The average molecular weight is 475 g/mol. The Kier molecular flexibility index (Phi) is 7.98. The number of carbonyl (C=O) groups excluding carboxylic acids is 1. The molecule has 35 heavy (non-hydrogen) atoms. The van der Waals surface area contributed by atoms with Crippen LogP contribution in [0.1, 0.15) is 43.6 Å². The number of aryl methyl sites for hydroxylation is 1. The molecule has 1 aliphatic carbocycles. The van der Waals surface area contributed by atoms with E-state index in [0.717, 1.165) is 55.7 Å². The van der Waals surface area contributed by atoms with Crippen LogP contribution in [0.4, 0.5) is 17.2 Å². The molecule has 1 saturated carbocycles. The fourth-order valence-electron chi connectivity index (χ4n) is 4.83. The predicted octanol–water partition coefficient (Wildman–Crippen LogP) is 3.69. The summed E-state index contributed by atoms with van der Waals surface area (Å²) in [7, 11) is 5.56. The third-order valence-electron chi connectivity index (χ3n) is 6.77. The van der Waals surface area contributed by atoms with Crippen LogP contribution < -0.4 is 15.8 Å². The minimum Gasteiger partial charge on any atom is -0.497 e. The maximum absolute atomic E-state index is 12.8. The van der Waals surface area contributed by atoms with E-state index in [2.05, 4.69) is 27.1 Å². The van der Waals surface area contributed by atoms with E-state index in [-0.39, 0.29) is 11.8 Å². The highest BCUT2D eigenvalue weighted by Crippen LogP contribution is 2.38. The second kappa shape index (κ2) is 11.3. The zero-order valence-corrected chi connectivity index (χ0v) is 20.8. The molecule has 1 fully saturated rings. The van der Waals surface area contributed by atoms with E-state index in [0.29, 0.717) is 35.7 Å². The molecule has 1 atom stereocenters. The van der Waals surface area contributed by atoms with E-state index in [4.69, 9.17) is 15.5 Å². The van der Waals surface area contributed by atoms with Gasteiger partial charge in [0.2, 0.25) is 11.7 Å². The number of hydrogen-bond acceptors (Lipinski definition) is 7. The van der Waals surface area contributed by atoms with Crippen LogP contribution in [0, 0.1) is 29.6 Å². The largest absolute Gasteiger partial charge is 0.497 e. The summed E-state index contributed by atoms with van der Waals surface area (Å²) in [5.74, 6) is 8.62. The number of aliphatic imine (C=N–C) groups is 1. The Morgan fingerprint density at radius 2 is 2.00 bits per heavy atom. The molecule has 0 radical (unpaired) electrons. The molecule has 1 aromatic heterocycles. The number of anilines is 2. The second-order valence-electron chi connectivity index (χ2n) is 9.58. The lowest BCUT2D eigenvalue weighted by Crippen LogP contribution is -2.30. The van der Waals surface area contributed by atoms with E-state index in [9.17, 15) is 4.79 Å². The molecule has 8 heteroatoms. The molecular weight excluding hydrogens is 440 g/mol. The predicted molar refractivity (Wildman–Crippen MR) is 139 cm³/mol. The van der Waals surface area contributed by atoms with Crippen LogP contribution >= 0.6 is 0 Å². The Hall–Kier alpha value is -3.44. The van der Waals surface area contributed by atoms with Crippen molar-refractivity contribution in [3.63, 3.8) is 0 Å². The summed E-state index contributed by atoms with van der Waals surface area (Å²) in [6.07, 6.45) is 7.56. The van der Waals surface area contributed by atoms with Crippen LogP contribution in [0.5, 0.6) is 5.75 Å². The molecule has 8 nitrogen and oxygen atoms in total. The van der Waals surface area contributed by atoms with Gasteiger partial charge in [0.15, 0.2) is 5.82 Å². The van der Waals surface area contributed by atoms with Gasteiger partial charge in [0.25, 0.3) is 0 Å². The number of nitrogens with zero attached hydrogens (tertiary/aromatic N) is 4. The first kappa shape index (κ1) is 24.7. The van der Waals surface area contributed by atoms with Gasteiger partial charge < -0.3 is 15.8 Å². The fraction of sp³-hybridized carbons (Fsp3) is 0.481. The van der Waals surface area contributed by atoms with Crippen LogP contribution in [0.2, 0.25) is 0 Å². The molecular formula is C27H34N6O2. The van der Waals surface area contributed by atoms with E-state index in [1.165, 1.54) is 0 Å². The molecule has 2 aromatic rings. The number of carbonyl (C=O) groups is 1. The Morgan fingerprint density at radius 1 is 1.20 bits per heavy atom. The zero-order chi connectivity index (χ0) is 24.8. The quantitative estimate of drug-likeness (QED) is 0.641. The summed E-state index contributed by atoms with van der Waals surface area (Å²) in [6.45, 7) is 0.640. The zero-order valence-electron chi connectivity index (χ0n) is 20.8. The first-order chi connectivity index (χ1) is 16.9. The summed E-state index contributed by atoms with van der Waals surface area (Å²) in [4.78, 5) is 28.5. The Balaban J connectivity index is 1.34. The van der Waals surface area contributed by atoms with Crippen LogP contribution in [0.15, 0.2) is 29.3 Å². The third-order valence-corrected chi connectivity index (χ3v) is 6.77. The standard InChI is InChI=1S/C27H34N6O2/c1-33(2)15-5-8-24-31-23-14-13-20(17-29-25(23)26(28)32-24)18-9-11-19(12-10-18)27(34)30-21-6-4-7-22(16-21)35-3/h4,6-7,16-20H,9-15H2,1-3H3,(H,30,34)(H2,28,31,32)/t18-,19+,20?. The minimum absolute atomic E-state index is 0.0298. The van der Waals surface area contributed by atoms with Crippen molar-refractivity contribution in [2.45, 2.75) is 38.5 Å². The summed E-state index contributed by atoms with van der Waals surface area (Å²) in [6, 6.07) is 7.48. The lowest BCUT2D eigenvalue weighted by atomic mass is 9.74. The number of fused-ring (bicyclic) bond motifs is 1. The van der Waals surface area contributed by atoms with E-state index in [1.807, 2.05) is 49.5 Å². The van der Waals surface area contributed by atoms with Crippen molar-refractivity contribution < 1.29 is 9.53 Å². The number of amides is 1. The van der Waals surface area contributed by atoms with Gasteiger partial charge >= 0.3 is 0 Å². The highest BCUT2D eigenvalue weighted by atomic mass is 16.5. The SMILES string of the molecule is COc1cccc(NC(=O)[C@H]2CC[C@@H](C3C=Nc4c(N)nc(C#CCN(C)C)nc4CC3)CC2)c1. The van der Waals surface area contributed by atoms with Crippen LogP contribution in [0.3, 0.4) is 0 Å². The molecule has 1 amide bonds. The van der Waals surface area contributed by atoms with Crippen molar-refractivity contribution in [1.29, 1.82) is 0 Å². The second-order valence-corrected chi connectivity index (χ2v) is 9.58. The smallest absolute Gasteiger partial charge is 0.227 e. The van der Waals surface area contributed by atoms with Crippen molar-refractivity contribution in [2.24, 2.45) is 22.7 Å². The number of hydrogen-bond donors (Lipinski definition) is 2. The van der Waals surface area contributed by atoms with Crippen molar-refractivity contribution in [1.82, 2.24) is 14.9 Å². The van der Waals surface area contributed by atoms with Crippen LogP contribution in [-0.2, 0) is 11.2 Å². The summed E-state index contributed by atoms with van der Waals surface area (Å²) in [5, 5.41) is 3.05. The lowest BCUT2D eigenvalue weighted by Gasteiger charge is -2.31. The summed E-state index contributed by atoms with van der Waals surface area (Å²) >= 11 is 0. The molecule has 0 bridgehead atoms. The van der Waals surface area contributed by atoms with E-state index in [1.54, 1.807) is 7.11 Å². The number of aromatic nitrogens is 2. The minimum atomic E-state index is 0.0298. The van der Waals surface area contributed by atoms with Gasteiger partial charge in [-0.2, -0.15) is 0 Å². The van der Waals surface area contributed by atoms with Gasteiger partial charge in [-0.3, -0.25) is 14.7 Å². The molecule has 3 N–H and O–H groups in total. The molecule has 1 aliphatic heterocycles. The maximum atomic E-state index is 12.8. The van der Waals surface area contributed by atoms with Crippen LogP contribution in [-0.4, -0.2) is 54.7 Å². The van der Waals surface area contributed by atoms with E-state index < -0.39 is 0 Å². The third kappa shape index (κ3) is 6.37. The molecule has 1 aromatic carbocycles. The number of nitrogens with two attached hydrogens (primary N) is 1. The highest BCUT2D eigenvalue weighted by Gasteiger charge is 2.31. The Bertz CT molecular complexity index is 1140. The number of ether oxygens (including phenoxy) is 1.